The highest BCUT2D eigenvalue weighted by Crippen LogP contribution is 2.32. The lowest BCUT2D eigenvalue weighted by atomic mass is 9.87. The van der Waals surface area contributed by atoms with Crippen molar-refractivity contribution in [3.05, 3.63) is 59.8 Å². The SMILES string of the molecule is COc1ccc(SCCC(=O)Nc2cc(C)nn2-c2nc3ccc(C(C)(C)C)cc3s2)cc1. The zero-order chi connectivity index (χ0) is 23.6. The maximum Gasteiger partial charge on any atom is 0.226 e. The lowest BCUT2D eigenvalue weighted by molar-refractivity contribution is -0.115. The minimum atomic E-state index is -0.0479. The Bertz CT molecular complexity index is 1270. The molecule has 1 N–H and O–H groups in total. The lowest BCUT2D eigenvalue weighted by Gasteiger charge is -2.18. The number of nitrogens with zero attached hydrogens (tertiary/aromatic N) is 3. The number of amides is 1. The van der Waals surface area contributed by atoms with Crippen LogP contribution in [0.15, 0.2) is 53.4 Å². The van der Waals surface area contributed by atoms with Gasteiger partial charge in [0.15, 0.2) is 0 Å². The van der Waals surface area contributed by atoms with Gasteiger partial charge in [-0.2, -0.15) is 9.78 Å². The number of carbonyl (C=O) groups excluding carboxylic acids is 1. The van der Waals surface area contributed by atoms with Crippen molar-refractivity contribution in [1.29, 1.82) is 0 Å². The average Bonchev–Trinajstić information content (AvgIpc) is 3.35. The van der Waals surface area contributed by atoms with Crippen LogP contribution in [0.2, 0.25) is 0 Å². The van der Waals surface area contributed by atoms with Gasteiger partial charge in [-0.25, -0.2) is 4.98 Å². The Morgan fingerprint density at radius 2 is 1.91 bits per heavy atom. The predicted octanol–water partition coefficient (Wildman–Crippen LogP) is 6.22. The Balaban J connectivity index is 1.45. The Labute approximate surface area is 202 Å². The van der Waals surface area contributed by atoms with Gasteiger partial charge >= 0.3 is 0 Å². The van der Waals surface area contributed by atoms with Crippen molar-refractivity contribution >= 4 is 45.0 Å². The fourth-order valence-corrected chi connectivity index (χ4v) is 5.16. The van der Waals surface area contributed by atoms with Crippen LogP contribution < -0.4 is 10.1 Å². The van der Waals surface area contributed by atoms with E-state index in [1.807, 2.05) is 37.3 Å². The van der Waals surface area contributed by atoms with Crippen molar-refractivity contribution in [3.8, 4) is 10.9 Å². The van der Waals surface area contributed by atoms with Crippen LogP contribution in [-0.2, 0) is 10.2 Å². The summed E-state index contributed by atoms with van der Waals surface area (Å²) in [4.78, 5) is 18.5. The topological polar surface area (TPSA) is 69.0 Å². The van der Waals surface area contributed by atoms with E-state index < -0.39 is 0 Å². The van der Waals surface area contributed by atoms with E-state index in [1.54, 1.807) is 34.9 Å². The second-order valence-corrected chi connectivity index (χ2v) is 11.0. The van der Waals surface area contributed by atoms with Crippen molar-refractivity contribution in [1.82, 2.24) is 14.8 Å². The molecule has 1 amide bonds. The normalized spacial score (nSPS) is 11.7. The third-order valence-corrected chi connectivity index (χ3v) is 7.19. The summed E-state index contributed by atoms with van der Waals surface area (Å²) in [6, 6.07) is 16.1. The van der Waals surface area contributed by atoms with Gasteiger partial charge in [-0.15, -0.1) is 11.8 Å². The van der Waals surface area contributed by atoms with Crippen LogP contribution >= 0.6 is 23.1 Å². The minimum absolute atomic E-state index is 0.0479. The molecular formula is C25H28N4O2S2. The van der Waals surface area contributed by atoms with E-state index in [0.29, 0.717) is 18.0 Å². The molecule has 4 rings (SSSR count). The number of fused-ring (bicyclic) bond motifs is 1. The van der Waals surface area contributed by atoms with Crippen molar-refractivity contribution < 1.29 is 9.53 Å². The van der Waals surface area contributed by atoms with E-state index in [1.165, 1.54) is 5.56 Å². The highest BCUT2D eigenvalue weighted by Gasteiger charge is 2.18. The molecule has 0 aliphatic carbocycles. The highest BCUT2D eigenvalue weighted by molar-refractivity contribution is 7.99. The smallest absolute Gasteiger partial charge is 0.226 e. The number of aryl methyl sites for hydroxylation is 1. The van der Waals surface area contributed by atoms with Crippen LogP contribution in [-0.4, -0.2) is 33.5 Å². The van der Waals surface area contributed by atoms with E-state index in [-0.39, 0.29) is 11.3 Å². The van der Waals surface area contributed by atoms with Gasteiger partial charge in [-0.3, -0.25) is 4.79 Å². The summed E-state index contributed by atoms with van der Waals surface area (Å²) in [5.41, 5.74) is 3.10. The van der Waals surface area contributed by atoms with Gasteiger partial charge in [0, 0.05) is 23.1 Å². The average molecular weight is 481 g/mol. The molecule has 0 saturated heterocycles. The van der Waals surface area contributed by atoms with Gasteiger partial charge in [0.1, 0.15) is 11.6 Å². The summed E-state index contributed by atoms with van der Waals surface area (Å²) < 4.78 is 8.02. The van der Waals surface area contributed by atoms with E-state index in [2.05, 4.69) is 49.4 Å². The van der Waals surface area contributed by atoms with Gasteiger partial charge in [0.2, 0.25) is 11.0 Å². The second kappa shape index (κ2) is 9.57. The maximum absolute atomic E-state index is 12.6. The number of carbonyl (C=O) groups is 1. The summed E-state index contributed by atoms with van der Waals surface area (Å²) >= 11 is 3.22. The van der Waals surface area contributed by atoms with Crippen molar-refractivity contribution in [2.24, 2.45) is 0 Å². The second-order valence-electron chi connectivity index (χ2n) is 8.83. The summed E-state index contributed by atoms with van der Waals surface area (Å²) in [6.07, 6.45) is 0.399. The van der Waals surface area contributed by atoms with Gasteiger partial charge in [0.25, 0.3) is 0 Å². The molecule has 2 aromatic heterocycles. The summed E-state index contributed by atoms with van der Waals surface area (Å²) in [6.45, 7) is 8.52. The number of thiazole rings is 1. The number of thioether (sulfide) groups is 1. The number of nitrogens with one attached hydrogen (secondary N) is 1. The molecule has 0 atom stereocenters. The fourth-order valence-electron chi connectivity index (χ4n) is 3.34. The Morgan fingerprint density at radius 3 is 2.61 bits per heavy atom. The molecule has 33 heavy (non-hydrogen) atoms. The molecule has 0 unspecified atom stereocenters. The standard InChI is InChI=1S/C25H28N4O2S2/c1-16-14-22(27-23(30)12-13-32-19-9-7-18(31-5)8-10-19)29(28-16)24-26-20-11-6-17(25(2,3)4)15-21(20)33-24/h6-11,14-15H,12-13H2,1-5H3,(H,27,30). The van der Waals surface area contributed by atoms with Crippen LogP contribution in [0, 0.1) is 6.92 Å². The summed E-state index contributed by atoms with van der Waals surface area (Å²) in [7, 11) is 1.65. The zero-order valence-electron chi connectivity index (χ0n) is 19.5. The third kappa shape index (κ3) is 5.57. The van der Waals surface area contributed by atoms with Crippen molar-refractivity contribution in [3.63, 3.8) is 0 Å². The van der Waals surface area contributed by atoms with Gasteiger partial charge < -0.3 is 10.1 Å². The predicted molar refractivity (Wildman–Crippen MR) is 137 cm³/mol. The van der Waals surface area contributed by atoms with Crippen LogP contribution in [0.1, 0.15) is 38.4 Å². The van der Waals surface area contributed by atoms with Crippen LogP contribution in [0.25, 0.3) is 15.3 Å². The largest absolute Gasteiger partial charge is 0.497 e. The number of hydrogen-bond acceptors (Lipinski definition) is 6. The lowest BCUT2D eigenvalue weighted by Crippen LogP contribution is -2.15. The number of anilines is 1. The summed E-state index contributed by atoms with van der Waals surface area (Å²) in [5.74, 6) is 2.10. The molecule has 0 spiro atoms. The number of methoxy groups -OCH3 is 1. The van der Waals surface area contributed by atoms with Crippen LogP contribution in [0.4, 0.5) is 5.82 Å². The number of ether oxygens (including phenoxy) is 1. The van der Waals surface area contributed by atoms with E-state index >= 15 is 0 Å². The molecule has 4 aromatic rings. The molecule has 0 radical (unpaired) electrons. The fraction of sp³-hybridized carbons (Fsp3) is 0.320. The van der Waals surface area contributed by atoms with E-state index in [0.717, 1.165) is 31.7 Å². The summed E-state index contributed by atoms with van der Waals surface area (Å²) in [5, 5.41) is 8.33. The molecule has 2 aromatic carbocycles. The first kappa shape index (κ1) is 23.3. The van der Waals surface area contributed by atoms with E-state index in [4.69, 9.17) is 9.72 Å². The number of benzene rings is 2. The Hall–Kier alpha value is -2.84. The molecular weight excluding hydrogens is 452 g/mol. The number of hydrogen-bond donors (Lipinski definition) is 1. The molecule has 2 heterocycles. The van der Waals surface area contributed by atoms with Gasteiger partial charge in [-0.05, 0) is 54.3 Å². The van der Waals surface area contributed by atoms with Gasteiger partial charge in [0.05, 0.1) is 23.0 Å². The molecule has 172 valence electrons. The molecule has 0 fully saturated rings. The number of aromatic nitrogens is 3. The van der Waals surface area contributed by atoms with Crippen LogP contribution in [0.3, 0.4) is 0 Å². The van der Waals surface area contributed by atoms with E-state index in [9.17, 15) is 4.79 Å². The first-order chi connectivity index (χ1) is 15.7. The Morgan fingerprint density at radius 1 is 1.15 bits per heavy atom. The third-order valence-electron chi connectivity index (χ3n) is 5.18. The monoisotopic (exact) mass is 480 g/mol. The zero-order valence-corrected chi connectivity index (χ0v) is 21.1. The maximum atomic E-state index is 12.6. The first-order valence-corrected chi connectivity index (χ1v) is 12.6. The quantitative estimate of drug-likeness (QED) is 0.318. The molecule has 0 aliphatic heterocycles. The van der Waals surface area contributed by atoms with Crippen molar-refractivity contribution in [2.75, 3.05) is 18.2 Å². The first-order valence-electron chi connectivity index (χ1n) is 10.8. The highest BCUT2D eigenvalue weighted by atomic mass is 32.2. The molecule has 0 aliphatic rings. The molecule has 8 heteroatoms. The van der Waals surface area contributed by atoms with Crippen LogP contribution in [0.5, 0.6) is 5.75 Å². The molecule has 6 nitrogen and oxygen atoms in total. The molecule has 0 bridgehead atoms. The number of rotatable bonds is 7. The molecule has 0 saturated carbocycles. The Kier molecular flexibility index (Phi) is 6.76. The van der Waals surface area contributed by atoms with Gasteiger partial charge in [-0.1, -0.05) is 38.2 Å². The minimum Gasteiger partial charge on any atom is -0.497 e. The van der Waals surface area contributed by atoms with Crippen molar-refractivity contribution in [2.45, 2.75) is 44.4 Å².